The van der Waals surface area contributed by atoms with E-state index in [1.165, 1.54) is 0 Å². The van der Waals surface area contributed by atoms with Crippen LogP contribution in [0.4, 0.5) is 5.69 Å². The zero-order chi connectivity index (χ0) is 9.38. The second-order valence-corrected chi connectivity index (χ2v) is 3.20. The highest BCUT2D eigenvalue weighted by molar-refractivity contribution is 5.68. The lowest BCUT2D eigenvalue weighted by atomic mass is 10.2. The van der Waals surface area contributed by atoms with Gasteiger partial charge in [-0.25, -0.2) is 0 Å². The highest BCUT2D eigenvalue weighted by Gasteiger charge is 2.18. The quantitative estimate of drug-likeness (QED) is 0.613. The smallest absolute Gasteiger partial charge is 0.150 e. The number of allylic oxidation sites excluding steroid dienone is 3. The Labute approximate surface area is 82.4 Å². The Morgan fingerprint density at radius 1 is 1.07 bits per heavy atom. The van der Waals surface area contributed by atoms with E-state index < -0.39 is 0 Å². The highest BCUT2D eigenvalue weighted by atomic mass is 16.5. The van der Waals surface area contributed by atoms with E-state index in [9.17, 15) is 0 Å². The molecule has 0 fully saturated rings. The zero-order valence-corrected chi connectivity index (χ0v) is 7.55. The largest absolute Gasteiger partial charge is 0.461 e. The van der Waals surface area contributed by atoms with Gasteiger partial charge in [0.1, 0.15) is 6.26 Å². The standard InChI is InChI=1S/C12H9NO/c1-2-7-12-11(6-1)13-8-4-3-5-10(13)9-14-12/h1-9H. The maximum absolute atomic E-state index is 5.50. The maximum atomic E-state index is 5.50. The Bertz CT molecular complexity index is 457. The SMILES string of the molecule is C1=CC2=COc3ccccc3N2C=C1. The summed E-state index contributed by atoms with van der Waals surface area (Å²) in [7, 11) is 0. The van der Waals surface area contributed by atoms with Crippen LogP contribution in [0.2, 0.25) is 0 Å². The first-order chi connectivity index (χ1) is 6.95. The number of hydrogen-bond donors (Lipinski definition) is 0. The molecule has 0 atom stereocenters. The van der Waals surface area contributed by atoms with Gasteiger partial charge in [0.05, 0.1) is 11.4 Å². The van der Waals surface area contributed by atoms with Gasteiger partial charge in [-0.1, -0.05) is 18.2 Å². The molecule has 0 aliphatic carbocycles. The molecule has 1 aromatic rings. The molecule has 68 valence electrons. The summed E-state index contributed by atoms with van der Waals surface area (Å²) < 4.78 is 5.50. The van der Waals surface area contributed by atoms with Gasteiger partial charge in [-0.05, 0) is 24.3 Å². The van der Waals surface area contributed by atoms with Crippen molar-refractivity contribution in [3.05, 3.63) is 60.7 Å². The van der Waals surface area contributed by atoms with Gasteiger partial charge in [-0.15, -0.1) is 0 Å². The van der Waals surface area contributed by atoms with Crippen molar-refractivity contribution in [2.24, 2.45) is 0 Å². The van der Waals surface area contributed by atoms with E-state index >= 15 is 0 Å². The Balaban J connectivity index is 2.15. The first-order valence-electron chi connectivity index (χ1n) is 4.55. The van der Waals surface area contributed by atoms with Crippen molar-refractivity contribution in [2.75, 3.05) is 4.90 Å². The van der Waals surface area contributed by atoms with Crippen molar-refractivity contribution in [2.45, 2.75) is 0 Å². The summed E-state index contributed by atoms with van der Waals surface area (Å²) in [6.07, 6.45) is 9.84. The molecule has 0 radical (unpaired) electrons. The maximum Gasteiger partial charge on any atom is 0.150 e. The Morgan fingerprint density at radius 2 is 2.00 bits per heavy atom. The number of hydrogen-bond acceptors (Lipinski definition) is 2. The van der Waals surface area contributed by atoms with Crippen LogP contribution in [0, 0.1) is 0 Å². The Hall–Kier alpha value is -1.96. The van der Waals surface area contributed by atoms with Gasteiger partial charge in [-0.3, -0.25) is 0 Å². The first-order valence-corrected chi connectivity index (χ1v) is 4.55. The van der Waals surface area contributed by atoms with Crippen LogP contribution in [0.15, 0.2) is 60.7 Å². The number of para-hydroxylation sites is 2. The molecule has 2 heterocycles. The van der Waals surface area contributed by atoms with E-state index in [0.29, 0.717) is 0 Å². The minimum absolute atomic E-state index is 0.899. The molecule has 2 aliphatic heterocycles. The van der Waals surface area contributed by atoms with Crippen LogP contribution in [-0.4, -0.2) is 0 Å². The van der Waals surface area contributed by atoms with Crippen molar-refractivity contribution in [1.29, 1.82) is 0 Å². The topological polar surface area (TPSA) is 12.5 Å². The van der Waals surface area contributed by atoms with Gasteiger partial charge in [0, 0.05) is 6.20 Å². The third kappa shape index (κ3) is 0.973. The summed E-state index contributed by atoms with van der Waals surface area (Å²) in [4.78, 5) is 2.11. The summed E-state index contributed by atoms with van der Waals surface area (Å²) in [5.74, 6) is 0.899. The van der Waals surface area contributed by atoms with E-state index in [-0.39, 0.29) is 0 Å². The number of rotatable bonds is 0. The number of nitrogens with zero attached hydrogens (tertiary/aromatic N) is 1. The summed E-state index contributed by atoms with van der Waals surface area (Å²) >= 11 is 0. The van der Waals surface area contributed by atoms with Crippen LogP contribution in [0.3, 0.4) is 0 Å². The van der Waals surface area contributed by atoms with E-state index in [4.69, 9.17) is 4.74 Å². The van der Waals surface area contributed by atoms with Crippen molar-refractivity contribution in [3.8, 4) is 5.75 Å². The van der Waals surface area contributed by atoms with Crippen LogP contribution >= 0.6 is 0 Å². The minimum atomic E-state index is 0.899. The van der Waals surface area contributed by atoms with Gasteiger partial charge in [-0.2, -0.15) is 0 Å². The molecule has 3 rings (SSSR count). The van der Waals surface area contributed by atoms with Crippen LogP contribution in [0.25, 0.3) is 0 Å². The van der Waals surface area contributed by atoms with Crippen molar-refractivity contribution >= 4 is 5.69 Å². The van der Waals surface area contributed by atoms with Crippen molar-refractivity contribution < 1.29 is 4.74 Å². The summed E-state index contributed by atoms with van der Waals surface area (Å²) in [5, 5.41) is 0. The molecular formula is C12H9NO. The summed E-state index contributed by atoms with van der Waals surface area (Å²) in [6.45, 7) is 0. The predicted octanol–water partition coefficient (Wildman–Crippen LogP) is 2.81. The van der Waals surface area contributed by atoms with Gasteiger partial charge >= 0.3 is 0 Å². The molecule has 0 bridgehead atoms. The normalized spacial score (nSPS) is 16.9. The molecule has 0 spiro atoms. The fourth-order valence-corrected chi connectivity index (χ4v) is 1.65. The van der Waals surface area contributed by atoms with Gasteiger partial charge < -0.3 is 9.64 Å². The Kier molecular flexibility index (Phi) is 1.47. The predicted molar refractivity (Wildman–Crippen MR) is 55.9 cm³/mol. The number of ether oxygens (including phenoxy) is 1. The average Bonchev–Trinajstić information content (AvgIpc) is 2.29. The zero-order valence-electron chi connectivity index (χ0n) is 7.55. The molecule has 0 amide bonds. The molecule has 2 heteroatoms. The lowest BCUT2D eigenvalue weighted by Crippen LogP contribution is -2.20. The molecule has 2 aliphatic rings. The minimum Gasteiger partial charge on any atom is -0.461 e. The second kappa shape index (κ2) is 2.77. The van der Waals surface area contributed by atoms with E-state index in [2.05, 4.69) is 4.90 Å². The van der Waals surface area contributed by atoms with Crippen LogP contribution in [0.1, 0.15) is 0 Å². The van der Waals surface area contributed by atoms with E-state index in [0.717, 1.165) is 17.1 Å². The summed E-state index contributed by atoms with van der Waals surface area (Å²) in [5.41, 5.74) is 2.15. The fraction of sp³-hybridized carbons (Fsp3) is 0. The average molecular weight is 183 g/mol. The Morgan fingerprint density at radius 3 is 3.00 bits per heavy atom. The first kappa shape index (κ1) is 7.44. The van der Waals surface area contributed by atoms with E-state index in [1.54, 1.807) is 6.26 Å². The molecule has 1 aromatic carbocycles. The molecule has 0 saturated heterocycles. The number of benzene rings is 1. The van der Waals surface area contributed by atoms with Crippen molar-refractivity contribution in [1.82, 2.24) is 0 Å². The van der Waals surface area contributed by atoms with Gasteiger partial charge in [0.2, 0.25) is 0 Å². The van der Waals surface area contributed by atoms with Crippen LogP contribution in [0.5, 0.6) is 5.75 Å². The van der Waals surface area contributed by atoms with Crippen LogP contribution < -0.4 is 9.64 Å². The highest BCUT2D eigenvalue weighted by Crippen LogP contribution is 2.35. The van der Waals surface area contributed by atoms with Gasteiger partial charge in [0.25, 0.3) is 0 Å². The van der Waals surface area contributed by atoms with Crippen molar-refractivity contribution in [3.63, 3.8) is 0 Å². The summed E-state index contributed by atoms with van der Waals surface area (Å²) in [6, 6.07) is 8.00. The molecular weight excluding hydrogens is 174 g/mol. The van der Waals surface area contributed by atoms with Crippen LogP contribution in [-0.2, 0) is 0 Å². The lowest BCUT2D eigenvalue weighted by Gasteiger charge is -2.28. The van der Waals surface area contributed by atoms with E-state index in [1.807, 2.05) is 48.7 Å². The number of fused-ring (bicyclic) bond motifs is 3. The molecule has 2 nitrogen and oxygen atoms in total. The van der Waals surface area contributed by atoms with Gasteiger partial charge in [0.15, 0.2) is 5.75 Å². The monoisotopic (exact) mass is 183 g/mol. The fourth-order valence-electron chi connectivity index (χ4n) is 1.65. The lowest BCUT2D eigenvalue weighted by molar-refractivity contribution is 0.467. The molecule has 14 heavy (non-hydrogen) atoms. The molecule has 0 aromatic heterocycles. The molecule has 0 unspecified atom stereocenters. The molecule has 0 N–H and O–H groups in total. The number of anilines is 1. The molecule has 0 saturated carbocycles. The second-order valence-electron chi connectivity index (χ2n) is 3.20. The third-order valence-corrected chi connectivity index (χ3v) is 2.32. The third-order valence-electron chi connectivity index (χ3n) is 2.32.